The molecule has 1 aliphatic rings. The second kappa shape index (κ2) is 10.4. The zero-order chi connectivity index (χ0) is 23.3. The van der Waals surface area contributed by atoms with Crippen LogP contribution in [0.3, 0.4) is 0 Å². The third-order valence-electron chi connectivity index (χ3n) is 6.19. The molecule has 1 atom stereocenters. The van der Waals surface area contributed by atoms with Gasteiger partial charge in [-0.2, -0.15) is 14.0 Å². The molecule has 172 valence electrons. The zero-order valence-electron chi connectivity index (χ0n) is 17.9. The van der Waals surface area contributed by atoms with Gasteiger partial charge in [0.15, 0.2) is 0 Å². The van der Waals surface area contributed by atoms with E-state index < -0.39 is 41.6 Å². The van der Waals surface area contributed by atoms with Crippen LogP contribution < -0.4 is 0 Å². The molecule has 32 heavy (non-hydrogen) atoms. The fourth-order valence-electron chi connectivity index (χ4n) is 4.37. The molecule has 0 aliphatic heterocycles. The van der Waals surface area contributed by atoms with Crippen LogP contribution in [-0.2, 0) is 11.3 Å². The number of halogens is 5. The summed E-state index contributed by atoms with van der Waals surface area (Å²) < 4.78 is 74.5. The maximum Gasteiger partial charge on any atom is 0.391 e. The van der Waals surface area contributed by atoms with Gasteiger partial charge in [0.25, 0.3) is 0 Å². The molecule has 0 saturated heterocycles. The van der Waals surface area contributed by atoms with Crippen molar-refractivity contribution in [2.45, 2.75) is 70.3 Å². The minimum atomic E-state index is -4.30. The van der Waals surface area contributed by atoms with Crippen molar-refractivity contribution in [3.8, 4) is 6.07 Å². The highest BCUT2D eigenvalue weighted by molar-refractivity contribution is 5.36. The standard InChI is InChI=1S/C25H26F5NO/c1-2-3-16-4-8-18(9-5-16)19-10-6-17(7-11-19)15-32-25(29,30)24(28)20-12-22(26)21(14-31)23(27)13-20/h6-7,10-13,16,18,24H,2-5,8-9,15H2,1H3. The number of rotatable bonds is 8. The van der Waals surface area contributed by atoms with Gasteiger partial charge in [0.05, 0.1) is 6.61 Å². The molecule has 1 unspecified atom stereocenters. The van der Waals surface area contributed by atoms with Crippen molar-refractivity contribution in [1.29, 1.82) is 5.26 Å². The summed E-state index contributed by atoms with van der Waals surface area (Å²) >= 11 is 0. The summed E-state index contributed by atoms with van der Waals surface area (Å²) in [5.74, 6) is -1.56. The maximum atomic E-state index is 14.3. The summed E-state index contributed by atoms with van der Waals surface area (Å²) in [6.07, 6.45) is -0.313. The molecule has 0 N–H and O–H groups in total. The van der Waals surface area contributed by atoms with Crippen LogP contribution >= 0.6 is 0 Å². The Hall–Kier alpha value is -2.46. The van der Waals surface area contributed by atoms with Crippen molar-refractivity contribution in [3.63, 3.8) is 0 Å². The van der Waals surface area contributed by atoms with Gasteiger partial charge in [0.2, 0.25) is 6.17 Å². The van der Waals surface area contributed by atoms with E-state index in [1.807, 2.05) is 12.1 Å². The van der Waals surface area contributed by atoms with Crippen LogP contribution in [-0.4, -0.2) is 6.11 Å². The first-order valence-electron chi connectivity index (χ1n) is 10.9. The number of nitriles is 1. The molecule has 0 heterocycles. The van der Waals surface area contributed by atoms with E-state index in [1.165, 1.54) is 31.8 Å². The summed E-state index contributed by atoms with van der Waals surface area (Å²) in [6, 6.07) is 9.16. The topological polar surface area (TPSA) is 33.0 Å². The van der Waals surface area contributed by atoms with Gasteiger partial charge < -0.3 is 4.74 Å². The third kappa shape index (κ3) is 5.66. The summed E-state index contributed by atoms with van der Waals surface area (Å²) in [4.78, 5) is 0. The Kier molecular flexibility index (Phi) is 7.89. The molecule has 3 rings (SSSR count). The van der Waals surface area contributed by atoms with Crippen molar-refractivity contribution in [2.24, 2.45) is 5.92 Å². The van der Waals surface area contributed by atoms with Crippen LogP contribution in [0.2, 0.25) is 0 Å². The average Bonchev–Trinajstić information content (AvgIpc) is 2.78. The first kappa shape index (κ1) is 24.2. The Balaban J connectivity index is 1.59. The monoisotopic (exact) mass is 451 g/mol. The largest absolute Gasteiger partial charge is 0.391 e. The highest BCUT2D eigenvalue weighted by atomic mass is 19.3. The van der Waals surface area contributed by atoms with Crippen molar-refractivity contribution in [3.05, 3.63) is 70.3 Å². The lowest BCUT2D eigenvalue weighted by molar-refractivity contribution is -0.282. The summed E-state index contributed by atoms with van der Waals surface area (Å²) in [5.41, 5.74) is -0.290. The molecule has 2 aromatic carbocycles. The van der Waals surface area contributed by atoms with E-state index in [9.17, 15) is 22.0 Å². The summed E-state index contributed by atoms with van der Waals surface area (Å²) in [5, 5.41) is 8.64. The molecular formula is C25H26F5NO. The smallest absolute Gasteiger partial charge is 0.313 e. The van der Waals surface area contributed by atoms with E-state index in [1.54, 1.807) is 12.1 Å². The minimum Gasteiger partial charge on any atom is -0.313 e. The molecule has 2 nitrogen and oxygen atoms in total. The van der Waals surface area contributed by atoms with E-state index in [0.29, 0.717) is 23.6 Å². The molecule has 0 spiro atoms. The zero-order valence-corrected chi connectivity index (χ0v) is 17.9. The molecule has 0 aromatic heterocycles. The number of hydrogen-bond acceptors (Lipinski definition) is 2. The van der Waals surface area contributed by atoms with Gasteiger partial charge in [0.1, 0.15) is 23.3 Å². The predicted molar refractivity (Wildman–Crippen MR) is 111 cm³/mol. The average molecular weight is 451 g/mol. The second-order valence-electron chi connectivity index (χ2n) is 8.43. The highest BCUT2D eigenvalue weighted by Crippen LogP contribution is 2.39. The minimum absolute atomic E-state index is 0.383. The quantitative estimate of drug-likeness (QED) is 0.385. The lowest BCUT2D eigenvalue weighted by Gasteiger charge is -2.28. The molecule has 1 saturated carbocycles. The number of benzene rings is 2. The van der Waals surface area contributed by atoms with Crippen LogP contribution in [0.5, 0.6) is 0 Å². The Labute approximate surface area is 185 Å². The van der Waals surface area contributed by atoms with Crippen LogP contribution in [0.15, 0.2) is 36.4 Å². The number of ether oxygens (including phenoxy) is 1. The summed E-state index contributed by atoms with van der Waals surface area (Å²) in [6.45, 7) is 1.64. The van der Waals surface area contributed by atoms with Crippen LogP contribution in [0.1, 0.15) is 79.8 Å². The van der Waals surface area contributed by atoms with E-state index in [-0.39, 0.29) is 0 Å². The molecule has 0 bridgehead atoms. The van der Waals surface area contributed by atoms with Crippen LogP contribution in [0.4, 0.5) is 22.0 Å². The normalized spacial score (nSPS) is 20.0. The van der Waals surface area contributed by atoms with Crippen molar-refractivity contribution >= 4 is 0 Å². The number of nitrogens with zero attached hydrogens (tertiary/aromatic N) is 1. The number of alkyl halides is 3. The van der Waals surface area contributed by atoms with Gasteiger partial charge in [-0.15, -0.1) is 0 Å². The van der Waals surface area contributed by atoms with Gasteiger partial charge in [-0.1, -0.05) is 44.0 Å². The van der Waals surface area contributed by atoms with Gasteiger partial charge in [-0.3, -0.25) is 0 Å². The Morgan fingerprint density at radius 3 is 2.19 bits per heavy atom. The van der Waals surface area contributed by atoms with Crippen molar-refractivity contribution in [2.75, 3.05) is 0 Å². The van der Waals surface area contributed by atoms with Crippen molar-refractivity contribution in [1.82, 2.24) is 0 Å². The predicted octanol–water partition coefficient (Wildman–Crippen LogP) is 7.73. The van der Waals surface area contributed by atoms with E-state index >= 15 is 0 Å². The van der Waals surface area contributed by atoms with Crippen molar-refractivity contribution < 1.29 is 26.7 Å². The molecule has 1 fully saturated rings. The highest BCUT2D eigenvalue weighted by Gasteiger charge is 2.43. The lowest BCUT2D eigenvalue weighted by Crippen LogP contribution is -2.27. The SMILES string of the molecule is CCCC1CCC(c2ccc(COC(F)(F)C(F)c3cc(F)c(C#N)c(F)c3)cc2)CC1. The van der Waals surface area contributed by atoms with Gasteiger partial charge in [0, 0.05) is 5.56 Å². The van der Waals surface area contributed by atoms with Gasteiger partial charge in [-0.25, -0.2) is 13.2 Å². The van der Waals surface area contributed by atoms with E-state index in [4.69, 9.17) is 5.26 Å². The Bertz CT molecular complexity index is 923. The fourth-order valence-corrected chi connectivity index (χ4v) is 4.37. The van der Waals surface area contributed by atoms with E-state index in [0.717, 1.165) is 24.3 Å². The second-order valence-corrected chi connectivity index (χ2v) is 8.43. The first-order valence-corrected chi connectivity index (χ1v) is 10.9. The molecule has 0 radical (unpaired) electrons. The first-order chi connectivity index (χ1) is 15.2. The number of hydrogen-bond donors (Lipinski definition) is 0. The maximum absolute atomic E-state index is 14.3. The molecule has 0 amide bonds. The molecule has 1 aliphatic carbocycles. The summed E-state index contributed by atoms with van der Waals surface area (Å²) in [7, 11) is 0. The molecule has 7 heteroatoms. The van der Waals surface area contributed by atoms with E-state index in [2.05, 4.69) is 11.7 Å². The third-order valence-corrected chi connectivity index (χ3v) is 6.19. The molecular weight excluding hydrogens is 425 g/mol. The Morgan fingerprint density at radius 1 is 1.06 bits per heavy atom. The lowest BCUT2D eigenvalue weighted by atomic mass is 9.77. The van der Waals surface area contributed by atoms with Crippen LogP contribution in [0.25, 0.3) is 0 Å². The fraction of sp³-hybridized carbons (Fsp3) is 0.480. The van der Waals surface area contributed by atoms with Gasteiger partial charge in [-0.05, 0) is 60.8 Å². The van der Waals surface area contributed by atoms with Gasteiger partial charge >= 0.3 is 6.11 Å². The Morgan fingerprint density at radius 2 is 1.66 bits per heavy atom. The molecule has 2 aromatic rings. The van der Waals surface area contributed by atoms with Crippen LogP contribution in [0, 0.1) is 28.9 Å².